The molecule has 104 valence electrons. The fraction of sp³-hybridized carbons (Fsp3) is 0.133. The summed E-state index contributed by atoms with van der Waals surface area (Å²) < 4.78 is 12.2. The van der Waals surface area contributed by atoms with Crippen LogP contribution in [0.25, 0.3) is 23.0 Å². The van der Waals surface area contributed by atoms with Crippen molar-refractivity contribution in [1.29, 1.82) is 5.26 Å². The number of aromatic nitrogens is 3. The van der Waals surface area contributed by atoms with Crippen molar-refractivity contribution in [3.63, 3.8) is 0 Å². The zero-order valence-electron chi connectivity index (χ0n) is 11.6. The van der Waals surface area contributed by atoms with E-state index in [-0.39, 0.29) is 0 Å². The van der Waals surface area contributed by atoms with E-state index < -0.39 is 0 Å². The van der Waals surface area contributed by atoms with E-state index in [9.17, 15) is 0 Å². The molecule has 2 heterocycles. The van der Waals surface area contributed by atoms with Gasteiger partial charge in [-0.15, -0.1) is 0 Å². The smallest absolute Gasteiger partial charge is 0.274 e. The lowest BCUT2D eigenvalue weighted by Gasteiger charge is -1.99. The standard InChI is InChI=1S/C15H12N4O2/c1-19-9-10(8-16)7-13(19)15-17-14(18-21-15)11-3-5-12(20-2)6-4-11/h3-7,9H,1-2H3. The highest BCUT2D eigenvalue weighted by atomic mass is 16.5. The Bertz CT molecular complexity index is 809. The van der Waals surface area contributed by atoms with Crippen LogP contribution in [0.3, 0.4) is 0 Å². The molecule has 0 unspecified atom stereocenters. The number of hydrogen-bond acceptors (Lipinski definition) is 5. The molecule has 0 aliphatic rings. The molecule has 3 aromatic rings. The molecule has 0 radical (unpaired) electrons. The van der Waals surface area contributed by atoms with Crippen molar-refractivity contribution in [3.05, 3.63) is 42.1 Å². The lowest BCUT2D eigenvalue weighted by molar-refractivity contribution is 0.414. The lowest BCUT2D eigenvalue weighted by Crippen LogP contribution is -1.89. The maximum absolute atomic E-state index is 8.91. The number of rotatable bonds is 3. The van der Waals surface area contributed by atoms with Crippen LogP contribution in [-0.4, -0.2) is 21.8 Å². The molecular formula is C15H12N4O2. The van der Waals surface area contributed by atoms with Crippen LogP contribution in [0.5, 0.6) is 5.75 Å². The Labute approximate surface area is 121 Å². The Kier molecular flexibility index (Phi) is 3.16. The molecule has 0 spiro atoms. The predicted molar refractivity (Wildman–Crippen MR) is 75.4 cm³/mol. The number of hydrogen-bond donors (Lipinski definition) is 0. The van der Waals surface area contributed by atoms with Crippen LogP contribution in [0.1, 0.15) is 5.56 Å². The quantitative estimate of drug-likeness (QED) is 0.737. The third-order valence-corrected chi connectivity index (χ3v) is 3.13. The van der Waals surface area contributed by atoms with Crippen LogP contribution < -0.4 is 4.74 Å². The van der Waals surface area contributed by atoms with Gasteiger partial charge in [0, 0.05) is 18.8 Å². The van der Waals surface area contributed by atoms with Crippen molar-refractivity contribution in [2.45, 2.75) is 0 Å². The van der Waals surface area contributed by atoms with E-state index in [0.717, 1.165) is 11.3 Å². The van der Waals surface area contributed by atoms with Gasteiger partial charge in [-0.25, -0.2) is 0 Å². The molecule has 0 fully saturated rings. The van der Waals surface area contributed by atoms with Gasteiger partial charge in [-0.05, 0) is 30.3 Å². The molecule has 0 aliphatic carbocycles. The summed E-state index contributed by atoms with van der Waals surface area (Å²) in [7, 11) is 3.44. The van der Waals surface area contributed by atoms with Crippen molar-refractivity contribution < 1.29 is 9.26 Å². The Morgan fingerprint density at radius 1 is 1.29 bits per heavy atom. The first kappa shape index (κ1) is 12.9. The zero-order chi connectivity index (χ0) is 14.8. The van der Waals surface area contributed by atoms with Gasteiger partial charge in [-0.1, -0.05) is 5.16 Å². The highest BCUT2D eigenvalue weighted by molar-refractivity contribution is 5.60. The second kappa shape index (κ2) is 5.13. The molecule has 0 aliphatic heterocycles. The third-order valence-electron chi connectivity index (χ3n) is 3.13. The highest BCUT2D eigenvalue weighted by Gasteiger charge is 2.14. The van der Waals surface area contributed by atoms with E-state index in [2.05, 4.69) is 16.2 Å². The number of aryl methyl sites for hydroxylation is 1. The topological polar surface area (TPSA) is 76.9 Å². The first-order chi connectivity index (χ1) is 10.2. The second-order valence-electron chi connectivity index (χ2n) is 4.49. The van der Waals surface area contributed by atoms with Crippen LogP contribution in [0.15, 0.2) is 41.1 Å². The average molecular weight is 280 g/mol. The van der Waals surface area contributed by atoms with E-state index in [1.165, 1.54) is 0 Å². The summed E-state index contributed by atoms with van der Waals surface area (Å²) in [6.07, 6.45) is 1.71. The normalized spacial score (nSPS) is 10.3. The second-order valence-corrected chi connectivity index (χ2v) is 4.49. The minimum atomic E-state index is 0.379. The first-order valence-electron chi connectivity index (χ1n) is 6.26. The molecule has 0 amide bonds. The molecule has 0 saturated carbocycles. The summed E-state index contributed by atoms with van der Waals surface area (Å²) in [5.74, 6) is 1.64. The molecule has 0 N–H and O–H groups in total. The van der Waals surface area contributed by atoms with E-state index in [1.807, 2.05) is 31.3 Å². The highest BCUT2D eigenvalue weighted by Crippen LogP contribution is 2.24. The zero-order valence-corrected chi connectivity index (χ0v) is 11.6. The van der Waals surface area contributed by atoms with Crippen molar-refractivity contribution in [2.24, 2.45) is 7.05 Å². The minimum Gasteiger partial charge on any atom is -0.497 e. The SMILES string of the molecule is COc1ccc(-c2noc(-c3cc(C#N)cn3C)n2)cc1. The van der Waals surface area contributed by atoms with Gasteiger partial charge in [-0.2, -0.15) is 10.2 Å². The molecule has 6 nitrogen and oxygen atoms in total. The van der Waals surface area contributed by atoms with Gasteiger partial charge in [0.25, 0.3) is 5.89 Å². The first-order valence-corrected chi connectivity index (χ1v) is 6.26. The van der Waals surface area contributed by atoms with Gasteiger partial charge >= 0.3 is 0 Å². The third kappa shape index (κ3) is 2.37. The average Bonchev–Trinajstić information content (AvgIpc) is 3.13. The number of nitrogens with zero attached hydrogens (tertiary/aromatic N) is 4. The van der Waals surface area contributed by atoms with Crippen LogP contribution in [0, 0.1) is 11.3 Å². The predicted octanol–water partition coefficient (Wildman–Crippen LogP) is 2.62. The molecule has 6 heteroatoms. The summed E-state index contributed by atoms with van der Waals surface area (Å²) in [6, 6.07) is 11.2. The van der Waals surface area contributed by atoms with E-state index in [1.54, 1.807) is 23.9 Å². The van der Waals surface area contributed by atoms with Crippen LogP contribution >= 0.6 is 0 Å². The van der Waals surface area contributed by atoms with Crippen LogP contribution in [0.2, 0.25) is 0 Å². The summed E-state index contributed by atoms with van der Waals surface area (Å²) >= 11 is 0. The molecule has 1 aromatic carbocycles. The Hall–Kier alpha value is -3.07. The molecular weight excluding hydrogens is 268 g/mol. The van der Waals surface area contributed by atoms with Gasteiger partial charge < -0.3 is 13.8 Å². The van der Waals surface area contributed by atoms with Crippen LogP contribution in [0.4, 0.5) is 0 Å². The Morgan fingerprint density at radius 2 is 2.05 bits per heavy atom. The van der Waals surface area contributed by atoms with E-state index in [0.29, 0.717) is 23.0 Å². The van der Waals surface area contributed by atoms with Gasteiger partial charge in [0.2, 0.25) is 5.82 Å². The van der Waals surface area contributed by atoms with Crippen molar-refractivity contribution in [3.8, 4) is 34.8 Å². The Morgan fingerprint density at radius 3 is 2.67 bits per heavy atom. The fourth-order valence-corrected chi connectivity index (χ4v) is 2.02. The summed E-state index contributed by atoms with van der Waals surface area (Å²) in [5, 5.41) is 12.9. The molecule has 0 saturated heterocycles. The molecule has 0 atom stereocenters. The van der Waals surface area contributed by atoms with Crippen molar-refractivity contribution >= 4 is 0 Å². The summed E-state index contributed by atoms with van der Waals surface area (Å²) in [6.45, 7) is 0. The Balaban J connectivity index is 1.95. The molecule has 2 aromatic heterocycles. The van der Waals surface area contributed by atoms with Crippen LogP contribution in [-0.2, 0) is 7.05 Å². The van der Waals surface area contributed by atoms with Gasteiger partial charge in [0.15, 0.2) is 0 Å². The molecule has 21 heavy (non-hydrogen) atoms. The largest absolute Gasteiger partial charge is 0.497 e. The minimum absolute atomic E-state index is 0.379. The maximum atomic E-state index is 8.91. The summed E-state index contributed by atoms with van der Waals surface area (Å²) in [5.41, 5.74) is 2.09. The van der Waals surface area contributed by atoms with Crippen molar-refractivity contribution in [2.75, 3.05) is 7.11 Å². The van der Waals surface area contributed by atoms with Gasteiger partial charge in [-0.3, -0.25) is 0 Å². The fourth-order valence-electron chi connectivity index (χ4n) is 2.02. The monoisotopic (exact) mass is 280 g/mol. The van der Waals surface area contributed by atoms with Gasteiger partial charge in [0.1, 0.15) is 17.5 Å². The summed E-state index contributed by atoms with van der Waals surface area (Å²) in [4.78, 5) is 4.37. The maximum Gasteiger partial charge on any atom is 0.274 e. The molecule has 3 rings (SSSR count). The van der Waals surface area contributed by atoms with E-state index >= 15 is 0 Å². The number of ether oxygens (including phenoxy) is 1. The number of benzene rings is 1. The van der Waals surface area contributed by atoms with E-state index in [4.69, 9.17) is 14.5 Å². The van der Waals surface area contributed by atoms with Gasteiger partial charge in [0.05, 0.1) is 12.7 Å². The number of nitriles is 1. The molecule has 0 bridgehead atoms. The number of methoxy groups -OCH3 is 1. The van der Waals surface area contributed by atoms with Crippen molar-refractivity contribution in [1.82, 2.24) is 14.7 Å². The lowest BCUT2D eigenvalue weighted by atomic mass is 10.2.